The molecule has 1 saturated carbocycles. The van der Waals surface area contributed by atoms with Crippen molar-refractivity contribution < 1.29 is 9.90 Å². The smallest absolute Gasteiger partial charge is 0.226 e. The van der Waals surface area contributed by atoms with E-state index in [9.17, 15) is 4.79 Å². The Morgan fingerprint density at radius 2 is 2.00 bits per heavy atom. The molecule has 0 atom stereocenters. The summed E-state index contributed by atoms with van der Waals surface area (Å²) in [5.41, 5.74) is 1.05. The predicted octanol–water partition coefficient (Wildman–Crippen LogP) is 2.73. The van der Waals surface area contributed by atoms with E-state index >= 15 is 0 Å². The molecule has 1 fully saturated rings. The molecule has 1 aromatic rings. The van der Waals surface area contributed by atoms with Gasteiger partial charge in [0.25, 0.3) is 0 Å². The fourth-order valence-electron chi connectivity index (χ4n) is 3.02. The number of hydrogen-bond donors (Lipinski definition) is 1. The minimum absolute atomic E-state index is 0.0750. The molecule has 1 N–H and O–H groups in total. The highest BCUT2D eigenvalue weighted by atomic mass is 32.1. The van der Waals surface area contributed by atoms with Crippen LogP contribution in [0.2, 0.25) is 0 Å². The fraction of sp³-hybridized carbons (Fsp3) is 0.588. The third-order valence-electron chi connectivity index (χ3n) is 5.00. The lowest BCUT2D eigenvalue weighted by Gasteiger charge is -2.17. The summed E-state index contributed by atoms with van der Waals surface area (Å²) in [5.74, 6) is 5.84. The Hall–Kier alpha value is -1.31. The quantitative estimate of drug-likeness (QED) is 0.872. The first kappa shape index (κ1) is 16.1. The molecule has 4 heteroatoms. The second-order valence-electron chi connectivity index (χ2n) is 6.83. The molecule has 0 bridgehead atoms. The number of carbonyl (C=O) groups is 1. The molecule has 1 aliphatic carbocycles. The summed E-state index contributed by atoms with van der Waals surface area (Å²) in [6.45, 7) is 9.14. The second kappa shape index (κ2) is 5.47. The van der Waals surface area contributed by atoms with Crippen molar-refractivity contribution in [2.45, 2.75) is 34.2 Å². The number of amides is 1. The molecule has 1 heterocycles. The van der Waals surface area contributed by atoms with Crippen molar-refractivity contribution in [3.05, 3.63) is 21.9 Å². The van der Waals surface area contributed by atoms with Crippen molar-refractivity contribution in [3.63, 3.8) is 0 Å². The topological polar surface area (TPSA) is 40.5 Å². The van der Waals surface area contributed by atoms with Gasteiger partial charge in [0, 0.05) is 28.8 Å². The van der Waals surface area contributed by atoms with Crippen LogP contribution in [-0.2, 0) is 11.3 Å². The van der Waals surface area contributed by atoms with E-state index in [-0.39, 0.29) is 29.3 Å². The molecular formula is C17H23NO2S. The molecule has 114 valence electrons. The fourth-order valence-corrected chi connectivity index (χ4v) is 3.89. The van der Waals surface area contributed by atoms with Gasteiger partial charge in [-0.3, -0.25) is 4.79 Å². The summed E-state index contributed by atoms with van der Waals surface area (Å²) in [5, 5.41) is 10.7. The summed E-state index contributed by atoms with van der Waals surface area (Å²) < 4.78 is 0. The predicted molar refractivity (Wildman–Crippen MR) is 85.8 cm³/mol. The standard InChI is InChI=1S/C17H23NO2S/c1-16(2)14(17(16,3)4)15(20)18(5)10-13-9-12(11-21-13)7-6-8-19/h9,11,14,19H,8,10H2,1-5H3. The van der Waals surface area contributed by atoms with Gasteiger partial charge in [0.1, 0.15) is 6.61 Å². The SMILES string of the molecule is CN(Cc1cc(C#CCO)cs1)C(=O)C1C(C)(C)C1(C)C. The molecule has 1 amide bonds. The van der Waals surface area contributed by atoms with E-state index in [4.69, 9.17) is 5.11 Å². The van der Waals surface area contributed by atoms with E-state index in [1.54, 1.807) is 11.3 Å². The van der Waals surface area contributed by atoms with Crippen LogP contribution in [0.25, 0.3) is 0 Å². The minimum Gasteiger partial charge on any atom is -0.384 e. The Balaban J connectivity index is 2.01. The highest BCUT2D eigenvalue weighted by molar-refractivity contribution is 7.10. The molecule has 0 spiro atoms. The average molecular weight is 305 g/mol. The maximum absolute atomic E-state index is 12.6. The Labute approximate surface area is 131 Å². The molecule has 0 aromatic carbocycles. The maximum Gasteiger partial charge on any atom is 0.226 e. The number of nitrogens with zero attached hydrogens (tertiary/aromatic N) is 1. The highest BCUT2D eigenvalue weighted by Crippen LogP contribution is 2.68. The molecule has 0 radical (unpaired) electrons. The van der Waals surface area contributed by atoms with Crippen molar-refractivity contribution in [1.82, 2.24) is 4.90 Å². The first-order chi connectivity index (χ1) is 9.71. The summed E-state index contributed by atoms with van der Waals surface area (Å²) >= 11 is 1.60. The zero-order valence-corrected chi connectivity index (χ0v) is 14.2. The number of carbonyl (C=O) groups excluding carboxylic acids is 1. The largest absolute Gasteiger partial charge is 0.384 e. The number of hydrogen-bond acceptors (Lipinski definition) is 3. The number of aliphatic hydroxyl groups excluding tert-OH is 1. The van der Waals surface area contributed by atoms with Crippen LogP contribution in [-0.4, -0.2) is 29.6 Å². The molecule has 1 aliphatic rings. The van der Waals surface area contributed by atoms with Crippen molar-refractivity contribution in [2.24, 2.45) is 16.7 Å². The van der Waals surface area contributed by atoms with Crippen LogP contribution in [0.15, 0.2) is 11.4 Å². The molecule has 2 rings (SSSR count). The first-order valence-corrected chi connectivity index (χ1v) is 8.02. The van der Waals surface area contributed by atoms with Gasteiger partial charge in [-0.1, -0.05) is 39.5 Å². The van der Waals surface area contributed by atoms with Gasteiger partial charge in [-0.05, 0) is 16.9 Å². The van der Waals surface area contributed by atoms with Crippen molar-refractivity contribution in [3.8, 4) is 11.8 Å². The van der Waals surface area contributed by atoms with Gasteiger partial charge in [-0.2, -0.15) is 0 Å². The number of aliphatic hydroxyl groups is 1. The van der Waals surface area contributed by atoms with Gasteiger partial charge in [-0.25, -0.2) is 0 Å². The molecule has 0 saturated heterocycles. The summed E-state index contributed by atoms with van der Waals surface area (Å²) in [7, 11) is 1.87. The third-order valence-corrected chi connectivity index (χ3v) is 5.92. The van der Waals surface area contributed by atoms with E-state index in [1.165, 1.54) is 0 Å². The molecular weight excluding hydrogens is 282 g/mol. The lowest BCUT2D eigenvalue weighted by Crippen LogP contribution is -2.29. The van der Waals surface area contributed by atoms with Crippen LogP contribution in [0.4, 0.5) is 0 Å². The molecule has 0 aliphatic heterocycles. The number of thiophene rings is 1. The zero-order valence-electron chi connectivity index (χ0n) is 13.4. The molecule has 3 nitrogen and oxygen atoms in total. The van der Waals surface area contributed by atoms with Crippen LogP contribution in [0.3, 0.4) is 0 Å². The Morgan fingerprint density at radius 3 is 2.52 bits per heavy atom. The normalized spacial score (nSPS) is 18.8. The van der Waals surface area contributed by atoms with Gasteiger partial charge in [0.2, 0.25) is 5.91 Å². The van der Waals surface area contributed by atoms with E-state index in [1.807, 2.05) is 23.4 Å². The van der Waals surface area contributed by atoms with E-state index in [2.05, 4.69) is 39.5 Å². The average Bonchev–Trinajstić information content (AvgIpc) is 2.72. The summed E-state index contributed by atoms with van der Waals surface area (Å²) in [6.07, 6.45) is 0. The second-order valence-corrected chi connectivity index (χ2v) is 7.83. The van der Waals surface area contributed by atoms with Gasteiger partial charge in [0.05, 0.1) is 6.54 Å². The van der Waals surface area contributed by atoms with E-state index in [0.29, 0.717) is 6.54 Å². The highest BCUT2D eigenvalue weighted by Gasteiger charge is 2.68. The van der Waals surface area contributed by atoms with Gasteiger partial charge in [-0.15, -0.1) is 11.3 Å². The Kier molecular flexibility index (Phi) is 4.19. The Bertz CT molecular complexity index is 590. The van der Waals surface area contributed by atoms with E-state index < -0.39 is 0 Å². The summed E-state index contributed by atoms with van der Waals surface area (Å²) in [4.78, 5) is 15.5. The summed E-state index contributed by atoms with van der Waals surface area (Å²) in [6, 6.07) is 1.99. The lowest BCUT2D eigenvalue weighted by atomic mass is 10.0. The molecule has 21 heavy (non-hydrogen) atoms. The van der Waals surface area contributed by atoms with Crippen LogP contribution < -0.4 is 0 Å². The zero-order chi connectivity index (χ0) is 15.8. The van der Waals surface area contributed by atoms with Crippen LogP contribution in [0, 0.1) is 28.6 Å². The first-order valence-electron chi connectivity index (χ1n) is 7.14. The van der Waals surface area contributed by atoms with Gasteiger partial charge in [0.15, 0.2) is 0 Å². The van der Waals surface area contributed by atoms with Gasteiger partial charge < -0.3 is 10.0 Å². The van der Waals surface area contributed by atoms with Crippen molar-refractivity contribution >= 4 is 17.2 Å². The lowest BCUT2D eigenvalue weighted by molar-refractivity contribution is -0.133. The van der Waals surface area contributed by atoms with Crippen molar-refractivity contribution in [2.75, 3.05) is 13.7 Å². The monoisotopic (exact) mass is 305 g/mol. The van der Waals surface area contributed by atoms with Gasteiger partial charge >= 0.3 is 0 Å². The maximum atomic E-state index is 12.6. The Morgan fingerprint density at radius 1 is 1.38 bits per heavy atom. The van der Waals surface area contributed by atoms with Crippen molar-refractivity contribution in [1.29, 1.82) is 0 Å². The van der Waals surface area contributed by atoms with Crippen LogP contribution in [0.5, 0.6) is 0 Å². The number of rotatable bonds is 3. The molecule has 1 aromatic heterocycles. The third kappa shape index (κ3) is 2.86. The van der Waals surface area contributed by atoms with E-state index in [0.717, 1.165) is 10.4 Å². The van der Waals surface area contributed by atoms with Crippen LogP contribution in [0.1, 0.15) is 38.1 Å². The molecule has 0 unspecified atom stereocenters. The van der Waals surface area contributed by atoms with Crippen LogP contribution >= 0.6 is 11.3 Å². The minimum atomic E-state index is -0.130.